The van der Waals surface area contributed by atoms with Gasteiger partial charge < -0.3 is 15.0 Å². The second-order valence-electron chi connectivity index (χ2n) is 7.89. The normalized spacial score (nSPS) is 10.9. The van der Waals surface area contributed by atoms with E-state index >= 15 is 0 Å². The molecular formula is C25H27N3O5S. The third-order valence-corrected chi connectivity index (χ3v) is 6.50. The Morgan fingerprint density at radius 3 is 2.29 bits per heavy atom. The zero-order chi connectivity index (χ0) is 24.9. The first-order valence-corrected chi connectivity index (χ1v) is 12.0. The Bertz CT molecular complexity index is 1300. The number of hydrogen-bond donors (Lipinski definition) is 2. The van der Waals surface area contributed by atoms with Crippen molar-refractivity contribution in [3.63, 3.8) is 0 Å². The van der Waals surface area contributed by atoms with Crippen LogP contribution in [0, 0.1) is 13.8 Å². The smallest absolute Gasteiger partial charge is 0.261 e. The minimum Gasteiger partial charge on any atom is -0.497 e. The van der Waals surface area contributed by atoms with Crippen LogP contribution in [-0.4, -0.2) is 45.8 Å². The van der Waals surface area contributed by atoms with E-state index in [1.165, 1.54) is 24.1 Å². The van der Waals surface area contributed by atoms with Crippen molar-refractivity contribution < 1.29 is 22.7 Å². The van der Waals surface area contributed by atoms with Crippen LogP contribution < -0.4 is 14.8 Å². The van der Waals surface area contributed by atoms with E-state index < -0.39 is 15.9 Å². The van der Waals surface area contributed by atoms with E-state index in [1.54, 1.807) is 62.6 Å². The van der Waals surface area contributed by atoms with Crippen molar-refractivity contribution in [3.05, 3.63) is 83.4 Å². The predicted octanol–water partition coefficient (Wildman–Crippen LogP) is 3.82. The molecule has 0 aliphatic rings. The molecule has 0 fully saturated rings. The fraction of sp³-hybridized carbons (Fsp3) is 0.200. The second kappa shape index (κ2) is 10.4. The average molecular weight is 482 g/mol. The Balaban J connectivity index is 1.73. The van der Waals surface area contributed by atoms with Crippen LogP contribution in [0.4, 0.5) is 11.4 Å². The lowest BCUT2D eigenvalue weighted by Crippen LogP contribution is -2.35. The zero-order valence-corrected chi connectivity index (χ0v) is 20.3. The van der Waals surface area contributed by atoms with Crippen LogP contribution in [0.25, 0.3) is 0 Å². The lowest BCUT2D eigenvalue weighted by Gasteiger charge is -2.19. The Labute approximate surface area is 199 Å². The number of methoxy groups -OCH3 is 1. The van der Waals surface area contributed by atoms with E-state index in [4.69, 9.17) is 4.74 Å². The number of ether oxygens (including phenoxy) is 1. The second-order valence-corrected chi connectivity index (χ2v) is 9.57. The van der Waals surface area contributed by atoms with Gasteiger partial charge in [-0.2, -0.15) is 0 Å². The van der Waals surface area contributed by atoms with Crippen molar-refractivity contribution in [1.82, 2.24) is 4.90 Å². The molecule has 0 unspecified atom stereocenters. The van der Waals surface area contributed by atoms with Gasteiger partial charge in [0.15, 0.2) is 0 Å². The van der Waals surface area contributed by atoms with Gasteiger partial charge in [-0.05, 0) is 73.5 Å². The Morgan fingerprint density at radius 1 is 0.941 bits per heavy atom. The van der Waals surface area contributed by atoms with E-state index in [0.29, 0.717) is 22.7 Å². The molecule has 0 radical (unpaired) electrons. The maximum absolute atomic E-state index is 13.0. The molecule has 2 N–H and O–H groups in total. The summed E-state index contributed by atoms with van der Waals surface area (Å²) in [5, 5.41) is 2.72. The van der Waals surface area contributed by atoms with Crippen LogP contribution in [0.2, 0.25) is 0 Å². The molecule has 2 amide bonds. The molecule has 0 aliphatic heterocycles. The first-order valence-electron chi connectivity index (χ1n) is 10.5. The number of hydrogen-bond acceptors (Lipinski definition) is 5. The topological polar surface area (TPSA) is 105 Å². The van der Waals surface area contributed by atoms with Crippen molar-refractivity contribution in [2.75, 3.05) is 30.7 Å². The zero-order valence-electron chi connectivity index (χ0n) is 19.5. The summed E-state index contributed by atoms with van der Waals surface area (Å²) in [6.07, 6.45) is 0. The van der Waals surface area contributed by atoms with Crippen LogP contribution in [0.5, 0.6) is 5.75 Å². The van der Waals surface area contributed by atoms with Crippen LogP contribution in [0.15, 0.2) is 71.6 Å². The molecule has 0 heterocycles. The molecule has 3 aromatic rings. The number of carbonyl (C=O) groups is 2. The highest BCUT2D eigenvalue weighted by Crippen LogP contribution is 2.21. The SMILES string of the molecule is COc1ccc(NC(=O)CN(C)C(=O)c2cc(S(=O)(=O)Nc3cccc(C)c3)ccc2C)cc1. The number of sulfonamides is 1. The molecule has 3 aromatic carbocycles. The summed E-state index contributed by atoms with van der Waals surface area (Å²) in [6.45, 7) is 3.37. The third-order valence-electron chi connectivity index (χ3n) is 5.12. The van der Waals surface area contributed by atoms with Gasteiger partial charge in [0.2, 0.25) is 5.91 Å². The quantitative estimate of drug-likeness (QED) is 0.509. The maximum atomic E-state index is 13.0. The molecule has 0 bridgehead atoms. The molecule has 0 spiro atoms. The summed E-state index contributed by atoms with van der Waals surface area (Å²) in [6, 6.07) is 18.1. The maximum Gasteiger partial charge on any atom is 0.261 e. The summed E-state index contributed by atoms with van der Waals surface area (Å²) in [5.74, 6) is -0.189. The van der Waals surface area contributed by atoms with E-state index in [2.05, 4.69) is 10.0 Å². The highest BCUT2D eigenvalue weighted by Gasteiger charge is 2.21. The van der Waals surface area contributed by atoms with Gasteiger partial charge in [-0.3, -0.25) is 14.3 Å². The van der Waals surface area contributed by atoms with E-state index in [9.17, 15) is 18.0 Å². The standard InChI is InChI=1S/C25H27N3O5S/c1-17-6-5-7-20(14-17)27-34(31,32)22-13-8-18(2)23(15-22)25(30)28(3)16-24(29)26-19-9-11-21(33-4)12-10-19/h5-15,27H,16H2,1-4H3,(H,26,29). The number of likely N-dealkylation sites (N-methyl/N-ethyl adjacent to an activating group) is 1. The summed E-state index contributed by atoms with van der Waals surface area (Å²) in [7, 11) is -0.870. The molecule has 8 nitrogen and oxygen atoms in total. The molecule has 0 aromatic heterocycles. The highest BCUT2D eigenvalue weighted by atomic mass is 32.2. The fourth-order valence-electron chi connectivity index (χ4n) is 3.29. The number of carbonyl (C=O) groups excluding carboxylic acids is 2. The van der Waals surface area contributed by atoms with Gasteiger partial charge in [0.05, 0.1) is 18.6 Å². The number of anilines is 2. The van der Waals surface area contributed by atoms with Crippen molar-refractivity contribution in [1.29, 1.82) is 0 Å². The van der Waals surface area contributed by atoms with Gasteiger partial charge in [-0.15, -0.1) is 0 Å². The highest BCUT2D eigenvalue weighted by molar-refractivity contribution is 7.92. The van der Waals surface area contributed by atoms with Gasteiger partial charge in [0.1, 0.15) is 5.75 Å². The Morgan fingerprint density at radius 2 is 1.65 bits per heavy atom. The molecule has 3 rings (SSSR count). The van der Waals surface area contributed by atoms with E-state index in [1.807, 2.05) is 13.0 Å². The van der Waals surface area contributed by atoms with Crippen molar-refractivity contribution in [3.8, 4) is 5.75 Å². The molecule has 34 heavy (non-hydrogen) atoms. The number of aryl methyl sites for hydroxylation is 2. The van der Waals surface area contributed by atoms with Crippen molar-refractivity contribution >= 4 is 33.2 Å². The first kappa shape index (κ1) is 24.8. The van der Waals surface area contributed by atoms with Crippen molar-refractivity contribution in [2.24, 2.45) is 0 Å². The number of benzene rings is 3. The summed E-state index contributed by atoms with van der Waals surface area (Å²) in [4.78, 5) is 26.6. The molecular weight excluding hydrogens is 454 g/mol. The number of rotatable bonds is 8. The molecule has 9 heteroatoms. The van der Waals surface area contributed by atoms with Gasteiger partial charge in [-0.25, -0.2) is 8.42 Å². The van der Waals surface area contributed by atoms with E-state index in [-0.39, 0.29) is 22.9 Å². The molecule has 0 atom stereocenters. The number of amides is 2. The Kier molecular flexibility index (Phi) is 7.57. The largest absolute Gasteiger partial charge is 0.497 e. The summed E-state index contributed by atoms with van der Waals surface area (Å²) < 4.78 is 33.4. The third kappa shape index (κ3) is 6.14. The van der Waals surface area contributed by atoms with Crippen LogP contribution in [-0.2, 0) is 14.8 Å². The van der Waals surface area contributed by atoms with E-state index in [0.717, 1.165) is 5.56 Å². The van der Waals surface area contributed by atoms with Gasteiger partial charge in [0, 0.05) is 24.0 Å². The Hall–Kier alpha value is -3.85. The van der Waals surface area contributed by atoms with Crippen LogP contribution in [0.1, 0.15) is 21.5 Å². The lowest BCUT2D eigenvalue weighted by molar-refractivity contribution is -0.116. The molecule has 0 aliphatic carbocycles. The molecule has 0 saturated heterocycles. The van der Waals surface area contributed by atoms with Crippen molar-refractivity contribution in [2.45, 2.75) is 18.7 Å². The van der Waals surface area contributed by atoms with Gasteiger partial charge in [-0.1, -0.05) is 18.2 Å². The van der Waals surface area contributed by atoms with Gasteiger partial charge >= 0.3 is 0 Å². The molecule has 178 valence electrons. The summed E-state index contributed by atoms with van der Waals surface area (Å²) >= 11 is 0. The predicted molar refractivity (Wildman–Crippen MR) is 132 cm³/mol. The summed E-state index contributed by atoms with van der Waals surface area (Å²) in [5.41, 5.74) is 2.71. The minimum atomic E-state index is -3.91. The fourth-order valence-corrected chi connectivity index (χ4v) is 4.36. The minimum absolute atomic E-state index is 0.0426. The average Bonchev–Trinajstić information content (AvgIpc) is 2.79. The van der Waals surface area contributed by atoms with Crippen LogP contribution in [0.3, 0.4) is 0 Å². The molecule has 0 saturated carbocycles. The number of nitrogens with one attached hydrogen (secondary N) is 2. The van der Waals surface area contributed by atoms with Crippen LogP contribution >= 0.6 is 0 Å². The monoisotopic (exact) mass is 481 g/mol. The van der Waals surface area contributed by atoms with Gasteiger partial charge in [0.25, 0.3) is 15.9 Å². The number of nitrogens with zero attached hydrogens (tertiary/aromatic N) is 1. The lowest BCUT2D eigenvalue weighted by atomic mass is 10.1. The first-order chi connectivity index (χ1) is 16.1.